The minimum Gasteiger partial charge on any atom is -0.493 e. The minimum absolute atomic E-state index is 0.379. The topological polar surface area (TPSA) is 59.1 Å². The lowest BCUT2D eigenvalue weighted by molar-refractivity contribution is 0.306. The van der Waals surface area contributed by atoms with Crippen LogP contribution in [0.4, 0.5) is 0 Å². The summed E-state index contributed by atoms with van der Waals surface area (Å²) in [4.78, 5) is 0. The molecular weight excluding hydrogens is 376 g/mol. The standard InChI is InChI=1S/C21H26N2O4S/c1-26-19-14-17-10-13-23(28(24,25)22-11-6-7-12-22)21(16-8-4-3-5-9-16)18(17)15-20(19)27-2/h3-5,8-9,14-15,21H,6-7,10-13H2,1-2H3/t21-/m1/s1. The second kappa shape index (κ2) is 7.73. The number of methoxy groups -OCH3 is 2. The van der Waals surface area contributed by atoms with Gasteiger partial charge in [-0.3, -0.25) is 0 Å². The van der Waals surface area contributed by atoms with E-state index in [0.29, 0.717) is 37.6 Å². The maximum absolute atomic E-state index is 13.5. The van der Waals surface area contributed by atoms with E-state index in [0.717, 1.165) is 29.5 Å². The summed E-state index contributed by atoms with van der Waals surface area (Å²) in [6.07, 6.45) is 2.49. The van der Waals surface area contributed by atoms with Gasteiger partial charge in [-0.1, -0.05) is 30.3 Å². The van der Waals surface area contributed by atoms with Crippen LogP contribution in [0.25, 0.3) is 0 Å². The van der Waals surface area contributed by atoms with E-state index >= 15 is 0 Å². The third-order valence-corrected chi connectivity index (χ3v) is 7.64. The normalized spacial score (nSPS) is 20.7. The van der Waals surface area contributed by atoms with Crippen LogP contribution in [0.5, 0.6) is 11.5 Å². The number of ether oxygens (including phenoxy) is 2. The first-order valence-corrected chi connectivity index (χ1v) is 11.0. The van der Waals surface area contributed by atoms with Gasteiger partial charge in [-0.25, -0.2) is 0 Å². The van der Waals surface area contributed by atoms with Crippen LogP contribution >= 0.6 is 0 Å². The van der Waals surface area contributed by atoms with Crippen LogP contribution in [-0.2, 0) is 16.6 Å². The zero-order chi connectivity index (χ0) is 19.7. The van der Waals surface area contributed by atoms with Gasteiger partial charge in [0.1, 0.15) is 0 Å². The quantitative estimate of drug-likeness (QED) is 0.772. The third-order valence-electron chi connectivity index (χ3n) is 5.63. The summed E-state index contributed by atoms with van der Waals surface area (Å²) in [6.45, 7) is 1.64. The molecule has 0 amide bonds. The molecule has 4 rings (SSSR count). The van der Waals surface area contributed by atoms with Crippen molar-refractivity contribution in [1.82, 2.24) is 8.61 Å². The molecule has 28 heavy (non-hydrogen) atoms. The van der Waals surface area contributed by atoms with Crippen LogP contribution < -0.4 is 9.47 Å². The second-order valence-corrected chi connectivity index (χ2v) is 9.07. The average Bonchev–Trinajstić information content (AvgIpc) is 3.28. The highest BCUT2D eigenvalue weighted by Crippen LogP contribution is 2.42. The minimum atomic E-state index is -3.54. The second-order valence-electron chi connectivity index (χ2n) is 7.19. The van der Waals surface area contributed by atoms with Crippen molar-refractivity contribution in [2.45, 2.75) is 25.3 Å². The molecular formula is C21H26N2O4S. The summed E-state index contributed by atoms with van der Waals surface area (Å²) in [7, 11) is -0.325. The third kappa shape index (κ3) is 3.27. The van der Waals surface area contributed by atoms with E-state index in [9.17, 15) is 8.42 Å². The van der Waals surface area contributed by atoms with Gasteiger partial charge in [0.05, 0.1) is 20.3 Å². The van der Waals surface area contributed by atoms with Crippen LogP contribution in [0.15, 0.2) is 42.5 Å². The largest absolute Gasteiger partial charge is 0.493 e. The number of hydrogen-bond acceptors (Lipinski definition) is 4. The molecule has 0 aliphatic carbocycles. The molecule has 0 spiro atoms. The Bertz CT molecular complexity index is 940. The lowest BCUT2D eigenvalue weighted by Gasteiger charge is -2.39. The molecule has 0 radical (unpaired) electrons. The van der Waals surface area contributed by atoms with E-state index in [1.165, 1.54) is 0 Å². The van der Waals surface area contributed by atoms with Crippen LogP contribution in [-0.4, -0.2) is 50.9 Å². The Morgan fingerprint density at radius 2 is 1.57 bits per heavy atom. The molecule has 2 aliphatic heterocycles. The lowest BCUT2D eigenvalue weighted by Crippen LogP contribution is -2.47. The Hall–Kier alpha value is -2.09. The first-order valence-electron chi connectivity index (χ1n) is 9.63. The fourth-order valence-corrected chi connectivity index (χ4v) is 6.06. The Morgan fingerprint density at radius 3 is 2.21 bits per heavy atom. The molecule has 0 aromatic heterocycles. The summed E-state index contributed by atoms with van der Waals surface area (Å²) < 4.78 is 41.1. The number of hydrogen-bond donors (Lipinski definition) is 0. The SMILES string of the molecule is COc1cc2c(cc1OC)[C@@H](c1ccccc1)N(S(=O)(=O)N1CCCC1)CC2. The van der Waals surface area contributed by atoms with Gasteiger partial charge in [0.25, 0.3) is 10.2 Å². The van der Waals surface area contributed by atoms with Gasteiger partial charge in [0, 0.05) is 19.6 Å². The summed E-state index contributed by atoms with van der Waals surface area (Å²) in [5.74, 6) is 1.28. The maximum Gasteiger partial charge on any atom is 0.282 e. The first kappa shape index (κ1) is 19.2. The van der Waals surface area contributed by atoms with Crippen molar-refractivity contribution >= 4 is 10.2 Å². The number of benzene rings is 2. The van der Waals surface area contributed by atoms with Crippen LogP contribution in [0.2, 0.25) is 0 Å². The average molecular weight is 403 g/mol. The van der Waals surface area contributed by atoms with E-state index in [1.807, 2.05) is 42.5 Å². The highest BCUT2D eigenvalue weighted by Gasteiger charge is 2.41. The molecule has 2 aromatic rings. The van der Waals surface area contributed by atoms with Gasteiger partial charge in [0.15, 0.2) is 11.5 Å². The van der Waals surface area contributed by atoms with E-state index < -0.39 is 10.2 Å². The van der Waals surface area contributed by atoms with Gasteiger partial charge in [0.2, 0.25) is 0 Å². The van der Waals surface area contributed by atoms with Gasteiger partial charge in [-0.2, -0.15) is 17.0 Å². The highest BCUT2D eigenvalue weighted by molar-refractivity contribution is 7.86. The van der Waals surface area contributed by atoms with E-state index in [4.69, 9.17) is 9.47 Å². The smallest absolute Gasteiger partial charge is 0.282 e. The van der Waals surface area contributed by atoms with Gasteiger partial charge < -0.3 is 9.47 Å². The molecule has 6 nitrogen and oxygen atoms in total. The molecule has 2 aliphatic rings. The number of fused-ring (bicyclic) bond motifs is 1. The first-order chi connectivity index (χ1) is 13.6. The van der Waals surface area contributed by atoms with Crippen molar-refractivity contribution in [2.75, 3.05) is 33.9 Å². The molecule has 0 bridgehead atoms. The van der Waals surface area contributed by atoms with E-state index in [2.05, 4.69) is 0 Å². The molecule has 0 saturated carbocycles. The summed E-state index contributed by atoms with van der Waals surface area (Å²) in [5, 5.41) is 0. The Kier molecular flexibility index (Phi) is 5.31. The fraction of sp³-hybridized carbons (Fsp3) is 0.429. The highest BCUT2D eigenvalue weighted by atomic mass is 32.2. The number of nitrogens with zero attached hydrogens (tertiary/aromatic N) is 2. The van der Waals surface area contributed by atoms with Crippen molar-refractivity contribution < 1.29 is 17.9 Å². The van der Waals surface area contributed by atoms with Crippen molar-refractivity contribution in [1.29, 1.82) is 0 Å². The zero-order valence-corrected chi connectivity index (χ0v) is 17.1. The molecule has 2 aromatic carbocycles. The lowest BCUT2D eigenvalue weighted by atomic mass is 9.89. The van der Waals surface area contributed by atoms with Crippen molar-refractivity contribution in [3.8, 4) is 11.5 Å². The van der Waals surface area contributed by atoms with Gasteiger partial charge >= 0.3 is 0 Å². The Labute approximate surface area is 166 Å². The Morgan fingerprint density at radius 1 is 0.929 bits per heavy atom. The zero-order valence-electron chi connectivity index (χ0n) is 16.3. The van der Waals surface area contributed by atoms with Crippen molar-refractivity contribution in [3.63, 3.8) is 0 Å². The monoisotopic (exact) mass is 402 g/mol. The van der Waals surface area contributed by atoms with Crippen LogP contribution in [0.1, 0.15) is 35.6 Å². The summed E-state index contributed by atoms with van der Waals surface area (Å²) >= 11 is 0. The molecule has 7 heteroatoms. The predicted octanol–water partition coefficient (Wildman–Crippen LogP) is 2.99. The summed E-state index contributed by atoms with van der Waals surface area (Å²) in [6, 6.07) is 13.3. The van der Waals surface area contributed by atoms with Crippen LogP contribution in [0.3, 0.4) is 0 Å². The Balaban J connectivity index is 1.85. The molecule has 0 unspecified atom stereocenters. The molecule has 1 saturated heterocycles. The maximum atomic E-state index is 13.5. The molecule has 0 N–H and O–H groups in total. The number of rotatable bonds is 5. The van der Waals surface area contributed by atoms with Gasteiger partial charge in [-0.05, 0) is 48.1 Å². The van der Waals surface area contributed by atoms with Crippen molar-refractivity contribution in [3.05, 3.63) is 59.2 Å². The molecule has 150 valence electrons. The van der Waals surface area contributed by atoms with E-state index in [1.54, 1.807) is 22.8 Å². The molecule has 1 fully saturated rings. The van der Waals surface area contributed by atoms with E-state index in [-0.39, 0.29) is 6.04 Å². The molecule has 1 atom stereocenters. The summed E-state index contributed by atoms with van der Waals surface area (Å²) in [5.41, 5.74) is 3.01. The fourth-order valence-electron chi connectivity index (χ4n) is 4.22. The van der Waals surface area contributed by atoms with Gasteiger partial charge in [-0.15, -0.1) is 0 Å². The van der Waals surface area contributed by atoms with Crippen LogP contribution in [0, 0.1) is 0 Å². The molecule has 2 heterocycles. The van der Waals surface area contributed by atoms with Crippen molar-refractivity contribution in [2.24, 2.45) is 0 Å². The predicted molar refractivity (Wildman–Crippen MR) is 108 cm³/mol.